The van der Waals surface area contributed by atoms with Gasteiger partial charge in [-0.1, -0.05) is 0 Å². The van der Waals surface area contributed by atoms with Gasteiger partial charge in [0.15, 0.2) is 0 Å². The van der Waals surface area contributed by atoms with E-state index in [0.29, 0.717) is 12.6 Å². The van der Waals surface area contributed by atoms with Crippen LogP contribution < -0.4 is 5.56 Å². The molecule has 0 spiro atoms. The van der Waals surface area contributed by atoms with E-state index in [2.05, 4.69) is 9.88 Å². The average Bonchev–Trinajstić information content (AvgIpc) is 2.93. The van der Waals surface area contributed by atoms with Crippen molar-refractivity contribution < 1.29 is 4.42 Å². The van der Waals surface area contributed by atoms with Gasteiger partial charge in [-0.25, -0.2) is 4.98 Å². The number of hydrogen-bond acceptors (Lipinski definition) is 5. The first-order chi connectivity index (χ1) is 11.8. The molecule has 6 heteroatoms. The lowest BCUT2D eigenvalue weighted by atomic mass is 10.2. The summed E-state index contributed by atoms with van der Waals surface area (Å²) in [6.45, 7) is 1.43. The van der Waals surface area contributed by atoms with Gasteiger partial charge >= 0.3 is 0 Å². The number of aromatic nitrogens is 2. The Bertz CT molecular complexity index is 937. The molecule has 0 saturated heterocycles. The van der Waals surface area contributed by atoms with E-state index in [1.807, 2.05) is 12.1 Å². The number of rotatable bonds is 5. The van der Waals surface area contributed by atoms with Gasteiger partial charge in [0, 0.05) is 10.9 Å². The number of aromatic amines is 1. The summed E-state index contributed by atoms with van der Waals surface area (Å²) < 4.78 is 5.48. The van der Waals surface area contributed by atoms with Crippen molar-refractivity contribution in [1.82, 2.24) is 14.9 Å². The molecule has 3 heterocycles. The largest absolute Gasteiger partial charge is 0.468 e. The van der Waals surface area contributed by atoms with Crippen LogP contribution in [0.4, 0.5) is 0 Å². The summed E-state index contributed by atoms with van der Waals surface area (Å²) in [5.74, 6) is 1.73. The van der Waals surface area contributed by atoms with Crippen molar-refractivity contribution in [3.05, 3.63) is 50.8 Å². The first-order valence-electron chi connectivity index (χ1n) is 8.58. The molecule has 1 N–H and O–H groups in total. The van der Waals surface area contributed by atoms with E-state index < -0.39 is 0 Å². The maximum atomic E-state index is 12.6. The first-order valence-corrected chi connectivity index (χ1v) is 9.39. The van der Waals surface area contributed by atoms with E-state index >= 15 is 0 Å². The highest BCUT2D eigenvalue weighted by atomic mass is 32.1. The third-order valence-electron chi connectivity index (χ3n) is 4.98. The molecule has 5 rings (SSSR count). The van der Waals surface area contributed by atoms with Gasteiger partial charge in [-0.2, -0.15) is 0 Å². The van der Waals surface area contributed by atoms with Gasteiger partial charge in [0.2, 0.25) is 0 Å². The Hall–Kier alpha value is -1.92. The third kappa shape index (κ3) is 2.50. The minimum atomic E-state index is 0.0307. The van der Waals surface area contributed by atoms with Gasteiger partial charge in [0.1, 0.15) is 16.4 Å². The molecule has 5 nitrogen and oxygen atoms in total. The number of nitrogens with one attached hydrogen (secondary N) is 1. The quantitative estimate of drug-likeness (QED) is 0.774. The van der Waals surface area contributed by atoms with Gasteiger partial charge in [0.25, 0.3) is 5.56 Å². The van der Waals surface area contributed by atoms with Gasteiger partial charge in [-0.05, 0) is 49.8 Å². The van der Waals surface area contributed by atoms with Gasteiger partial charge < -0.3 is 9.40 Å². The molecule has 124 valence electrons. The van der Waals surface area contributed by atoms with Gasteiger partial charge in [-0.3, -0.25) is 9.69 Å². The molecule has 3 aromatic rings. The lowest BCUT2D eigenvalue weighted by Gasteiger charge is -2.19. The van der Waals surface area contributed by atoms with Crippen molar-refractivity contribution in [2.45, 2.75) is 51.2 Å². The highest BCUT2D eigenvalue weighted by Gasteiger charge is 2.30. The minimum absolute atomic E-state index is 0.0307. The first kappa shape index (κ1) is 14.4. The maximum Gasteiger partial charge on any atom is 0.259 e. The summed E-state index contributed by atoms with van der Waals surface area (Å²) in [5, 5.41) is 0.834. The SMILES string of the molecule is O=c1[nH]c(CN(Cc2ccco2)C2CC2)nc2sc3c(c12)CCC3. The monoisotopic (exact) mass is 341 g/mol. The highest BCUT2D eigenvalue weighted by Crippen LogP contribution is 2.35. The lowest BCUT2D eigenvalue weighted by Crippen LogP contribution is -2.27. The van der Waals surface area contributed by atoms with Crippen molar-refractivity contribution >= 4 is 21.6 Å². The van der Waals surface area contributed by atoms with Crippen LogP contribution in [0, 0.1) is 0 Å². The number of fused-ring (bicyclic) bond motifs is 3. The summed E-state index contributed by atoms with van der Waals surface area (Å²) in [6, 6.07) is 4.49. The van der Waals surface area contributed by atoms with E-state index in [4.69, 9.17) is 9.40 Å². The van der Waals surface area contributed by atoms with E-state index in [1.54, 1.807) is 17.6 Å². The maximum absolute atomic E-state index is 12.6. The molecule has 0 atom stereocenters. The van der Waals surface area contributed by atoms with Crippen LogP contribution in [0.3, 0.4) is 0 Å². The number of thiophene rings is 1. The second-order valence-corrected chi connectivity index (χ2v) is 7.85. The Morgan fingerprint density at radius 2 is 2.25 bits per heavy atom. The molecular formula is C18H19N3O2S. The molecule has 0 radical (unpaired) electrons. The smallest absolute Gasteiger partial charge is 0.259 e. The Morgan fingerprint density at radius 3 is 3.04 bits per heavy atom. The Labute approximate surface area is 143 Å². The Balaban J connectivity index is 1.46. The van der Waals surface area contributed by atoms with Gasteiger partial charge in [0.05, 0.1) is 24.7 Å². The van der Waals surface area contributed by atoms with Crippen LogP contribution in [-0.4, -0.2) is 20.9 Å². The minimum Gasteiger partial charge on any atom is -0.468 e. The van der Waals surface area contributed by atoms with Gasteiger partial charge in [-0.15, -0.1) is 11.3 Å². The average molecular weight is 341 g/mol. The van der Waals surface area contributed by atoms with Crippen LogP contribution in [0.2, 0.25) is 0 Å². The molecule has 2 aliphatic rings. The molecular weight excluding hydrogens is 322 g/mol. The normalized spacial score (nSPS) is 17.0. The van der Waals surface area contributed by atoms with Crippen molar-refractivity contribution in [3.63, 3.8) is 0 Å². The molecule has 0 unspecified atom stereocenters. The molecule has 24 heavy (non-hydrogen) atoms. The van der Waals surface area contributed by atoms with Crippen LogP contribution in [0.15, 0.2) is 27.6 Å². The van der Waals surface area contributed by atoms with E-state index in [9.17, 15) is 4.79 Å². The van der Waals surface area contributed by atoms with Crippen LogP contribution in [0.5, 0.6) is 0 Å². The van der Waals surface area contributed by atoms with Crippen molar-refractivity contribution in [2.75, 3.05) is 0 Å². The highest BCUT2D eigenvalue weighted by molar-refractivity contribution is 7.18. The second-order valence-electron chi connectivity index (χ2n) is 6.77. The predicted molar refractivity (Wildman–Crippen MR) is 93.2 cm³/mol. The molecule has 0 amide bonds. The number of furan rings is 1. The lowest BCUT2D eigenvalue weighted by molar-refractivity contribution is 0.220. The zero-order valence-corrected chi connectivity index (χ0v) is 14.2. The number of H-pyrrole nitrogens is 1. The topological polar surface area (TPSA) is 62.1 Å². The fraction of sp³-hybridized carbons (Fsp3) is 0.444. The van der Waals surface area contributed by atoms with Crippen LogP contribution >= 0.6 is 11.3 Å². The molecule has 2 aliphatic carbocycles. The van der Waals surface area contributed by atoms with Crippen LogP contribution in [0.25, 0.3) is 10.2 Å². The predicted octanol–water partition coefficient (Wildman–Crippen LogP) is 3.23. The fourth-order valence-corrected chi connectivity index (χ4v) is 4.95. The van der Waals surface area contributed by atoms with E-state index in [1.165, 1.54) is 23.3 Å². The number of nitrogens with zero attached hydrogens (tertiary/aromatic N) is 2. The Morgan fingerprint density at radius 1 is 1.33 bits per heavy atom. The van der Waals surface area contributed by atoms with Crippen molar-refractivity contribution in [2.24, 2.45) is 0 Å². The molecule has 1 fully saturated rings. The third-order valence-corrected chi connectivity index (χ3v) is 6.16. The summed E-state index contributed by atoms with van der Waals surface area (Å²) in [7, 11) is 0. The summed E-state index contributed by atoms with van der Waals surface area (Å²) in [5.41, 5.74) is 1.27. The van der Waals surface area contributed by atoms with Crippen LogP contribution in [0.1, 0.15) is 41.3 Å². The van der Waals surface area contributed by atoms with Crippen molar-refractivity contribution in [1.29, 1.82) is 0 Å². The molecule has 3 aromatic heterocycles. The standard InChI is InChI=1S/C18H19N3O2S/c22-17-16-13-4-1-5-14(13)24-18(16)20-15(19-17)10-21(11-6-7-11)9-12-3-2-8-23-12/h2-3,8,11H,1,4-7,9-10H2,(H,19,20,22). The number of hydrogen-bond donors (Lipinski definition) is 1. The summed E-state index contributed by atoms with van der Waals surface area (Å²) in [4.78, 5) is 25.0. The molecule has 0 aliphatic heterocycles. The summed E-state index contributed by atoms with van der Waals surface area (Å²) in [6.07, 6.45) is 7.40. The van der Waals surface area contributed by atoms with E-state index in [-0.39, 0.29) is 5.56 Å². The van der Waals surface area contributed by atoms with Crippen LogP contribution in [-0.2, 0) is 25.9 Å². The second kappa shape index (κ2) is 5.57. The molecule has 1 saturated carbocycles. The number of aryl methyl sites for hydroxylation is 2. The molecule has 0 bridgehead atoms. The summed E-state index contributed by atoms with van der Waals surface area (Å²) >= 11 is 1.70. The molecule has 0 aromatic carbocycles. The Kier molecular flexibility index (Phi) is 3.35. The van der Waals surface area contributed by atoms with Crippen molar-refractivity contribution in [3.8, 4) is 0 Å². The zero-order valence-electron chi connectivity index (χ0n) is 13.4. The zero-order chi connectivity index (χ0) is 16.1. The fourth-order valence-electron chi connectivity index (χ4n) is 3.67. The van der Waals surface area contributed by atoms with E-state index in [0.717, 1.165) is 47.6 Å².